The number of phenols is 1. The number of anilines is 1. The number of sulfonamides is 1. The number of rotatable bonds is 3. The molecule has 0 spiro atoms. The molecule has 0 aliphatic heterocycles. The zero-order valence-electron chi connectivity index (χ0n) is 10.7. The van der Waals surface area contributed by atoms with Gasteiger partial charge in [-0.15, -0.1) is 0 Å². The molecule has 0 saturated heterocycles. The average Bonchev–Trinajstić information content (AvgIpc) is 2.38. The third-order valence-electron chi connectivity index (χ3n) is 2.84. The van der Waals surface area contributed by atoms with Gasteiger partial charge in [-0.25, -0.2) is 8.42 Å². The highest BCUT2D eigenvalue weighted by atomic mass is 32.2. The first-order chi connectivity index (χ1) is 8.91. The molecule has 0 heterocycles. The van der Waals surface area contributed by atoms with Gasteiger partial charge in [0.2, 0.25) is 0 Å². The van der Waals surface area contributed by atoms with E-state index in [1.807, 2.05) is 13.0 Å². The van der Waals surface area contributed by atoms with Crippen molar-refractivity contribution in [2.45, 2.75) is 11.8 Å². The third kappa shape index (κ3) is 2.71. The van der Waals surface area contributed by atoms with E-state index in [0.29, 0.717) is 5.69 Å². The molecule has 0 amide bonds. The van der Waals surface area contributed by atoms with Gasteiger partial charge in [-0.3, -0.25) is 4.31 Å². The van der Waals surface area contributed by atoms with Gasteiger partial charge in [-0.1, -0.05) is 18.2 Å². The summed E-state index contributed by atoms with van der Waals surface area (Å²) in [5.74, 6) is 0.0313. The largest absolute Gasteiger partial charge is 0.508 e. The van der Waals surface area contributed by atoms with Crippen LogP contribution in [0.25, 0.3) is 0 Å². The van der Waals surface area contributed by atoms with Gasteiger partial charge in [0, 0.05) is 13.1 Å². The van der Waals surface area contributed by atoms with Crippen LogP contribution in [-0.2, 0) is 10.0 Å². The molecule has 0 fully saturated rings. The molecule has 19 heavy (non-hydrogen) atoms. The maximum absolute atomic E-state index is 12.4. The fraction of sp³-hybridized carbons (Fsp3) is 0.143. The Morgan fingerprint density at radius 2 is 1.74 bits per heavy atom. The summed E-state index contributed by atoms with van der Waals surface area (Å²) in [5.41, 5.74) is 1.30. The number of aromatic hydroxyl groups is 1. The van der Waals surface area contributed by atoms with Gasteiger partial charge in [0.1, 0.15) is 5.75 Å². The van der Waals surface area contributed by atoms with Gasteiger partial charge < -0.3 is 5.11 Å². The second-order valence-electron chi connectivity index (χ2n) is 4.31. The predicted octanol–water partition coefficient (Wildman–Crippen LogP) is 2.53. The lowest BCUT2D eigenvalue weighted by atomic mass is 10.2. The highest BCUT2D eigenvalue weighted by molar-refractivity contribution is 7.92. The van der Waals surface area contributed by atoms with Crippen molar-refractivity contribution in [1.82, 2.24) is 0 Å². The van der Waals surface area contributed by atoms with E-state index in [-0.39, 0.29) is 10.6 Å². The van der Waals surface area contributed by atoms with Gasteiger partial charge in [0.15, 0.2) is 0 Å². The van der Waals surface area contributed by atoms with E-state index in [1.165, 1.54) is 19.2 Å². The number of phenolic OH excluding ortho intramolecular Hbond substituents is 1. The fourth-order valence-corrected chi connectivity index (χ4v) is 3.05. The topological polar surface area (TPSA) is 57.6 Å². The molecule has 0 saturated carbocycles. The van der Waals surface area contributed by atoms with Gasteiger partial charge in [-0.05, 0) is 36.8 Å². The lowest BCUT2D eigenvalue weighted by Crippen LogP contribution is -2.26. The summed E-state index contributed by atoms with van der Waals surface area (Å²) in [6.07, 6.45) is 0. The van der Waals surface area contributed by atoms with E-state index in [1.54, 1.807) is 30.3 Å². The molecule has 2 rings (SSSR count). The summed E-state index contributed by atoms with van der Waals surface area (Å²) in [5, 5.41) is 9.42. The first kappa shape index (κ1) is 13.4. The van der Waals surface area contributed by atoms with Crippen LogP contribution >= 0.6 is 0 Å². The molecule has 0 atom stereocenters. The minimum atomic E-state index is -3.61. The second kappa shape index (κ2) is 4.93. The molecule has 1 N–H and O–H groups in total. The first-order valence-corrected chi connectivity index (χ1v) is 7.20. The molecule has 100 valence electrons. The third-order valence-corrected chi connectivity index (χ3v) is 4.62. The molecule has 2 aromatic rings. The summed E-state index contributed by atoms with van der Waals surface area (Å²) in [4.78, 5) is 0.235. The van der Waals surface area contributed by atoms with Crippen molar-refractivity contribution in [3.63, 3.8) is 0 Å². The Morgan fingerprint density at radius 1 is 1.05 bits per heavy atom. The lowest BCUT2D eigenvalue weighted by Gasteiger charge is -2.19. The van der Waals surface area contributed by atoms with Crippen molar-refractivity contribution in [1.29, 1.82) is 0 Å². The predicted molar refractivity (Wildman–Crippen MR) is 74.9 cm³/mol. The number of benzene rings is 2. The SMILES string of the molecule is Cc1cccc(S(=O)(=O)N(C)c2cccc(O)c2)c1. The molecule has 0 bridgehead atoms. The zero-order chi connectivity index (χ0) is 14.0. The normalized spacial score (nSPS) is 11.3. The summed E-state index contributed by atoms with van der Waals surface area (Å²) >= 11 is 0. The zero-order valence-corrected chi connectivity index (χ0v) is 11.6. The Hall–Kier alpha value is -2.01. The van der Waals surface area contributed by atoms with Crippen LogP contribution in [0.15, 0.2) is 53.4 Å². The first-order valence-electron chi connectivity index (χ1n) is 5.76. The number of nitrogens with zero attached hydrogens (tertiary/aromatic N) is 1. The van der Waals surface area contributed by atoms with Crippen LogP contribution in [0.4, 0.5) is 5.69 Å². The van der Waals surface area contributed by atoms with Gasteiger partial charge >= 0.3 is 0 Å². The lowest BCUT2D eigenvalue weighted by molar-refractivity contribution is 0.475. The van der Waals surface area contributed by atoms with Gasteiger partial charge in [0.25, 0.3) is 10.0 Å². The average molecular weight is 277 g/mol. The number of hydrogen-bond acceptors (Lipinski definition) is 3. The van der Waals surface area contributed by atoms with Crippen LogP contribution in [0, 0.1) is 6.92 Å². The van der Waals surface area contributed by atoms with Crippen molar-refractivity contribution >= 4 is 15.7 Å². The van der Waals surface area contributed by atoms with Crippen LogP contribution in [0.3, 0.4) is 0 Å². The molecule has 0 unspecified atom stereocenters. The van der Waals surface area contributed by atoms with Gasteiger partial charge in [0.05, 0.1) is 10.6 Å². The molecule has 5 heteroatoms. The standard InChI is InChI=1S/C14H15NO3S/c1-11-5-3-8-14(9-11)19(17,18)15(2)12-6-4-7-13(16)10-12/h3-10,16H,1-2H3. The highest BCUT2D eigenvalue weighted by Crippen LogP contribution is 2.25. The summed E-state index contributed by atoms with van der Waals surface area (Å²) in [6.45, 7) is 1.84. The smallest absolute Gasteiger partial charge is 0.264 e. The highest BCUT2D eigenvalue weighted by Gasteiger charge is 2.21. The van der Waals surface area contributed by atoms with Crippen molar-refractivity contribution in [2.24, 2.45) is 0 Å². The van der Waals surface area contributed by atoms with E-state index >= 15 is 0 Å². The van der Waals surface area contributed by atoms with E-state index < -0.39 is 10.0 Å². The Labute approximate surface area is 113 Å². The fourth-order valence-electron chi connectivity index (χ4n) is 1.76. The van der Waals surface area contributed by atoms with Gasteiger partial charge in [-0.2, -0.15) is 0 Å². The quantitative estimate of drug-likeness (QED) is 0.938. The van der Waals surface area contributed by atoms with Crippen LogP contribution < -0.4 is 4.31 Å². The molecule has 0 radical (unpaired) electrons. The Bertz CT molecular complexity index is 695. The minimum absolute atomic E-state index is 0.0313. The number of hydrogen-bond donors (Lipinski definition) is 1. The van der Waals surface area contributed by atoms with Crippen molar-refractivity contribution in [2.75, 3.05) is 11.4 Å². The molecular formula is C14H15NO3S. The van der Waals surface area contributed by atoms with E-state index in [9.17, 15) is 13.5 Å². The van der Waals surface area contributed by atoms with E-state index in [0.717, 1.165) is 9.87 Å². The van der Waals surface area contributed by atoms with E-state index in [4.69, 9.17) is 0 Å². The maximum Gasteiger partial charge on any atom is 0.264 e. The molecule has 0 aromatic heterocycles. The second-order valence-corrected chi connectivity index (χ2v) is 6.28. The summed E-state index contributed by atoms with van der Waals surface area (Å²) < 4.78 is 26.0. The molecule has 2 aromatic carbocycles. The van der Waals surface area contributed by atoms with Crippen molar-refractivity contribution in [3.05, 3.63) is 54.1 Å². The monoisotopic (exact) mass is 277 g/mol. The minimum Gasteiger partial charge on any atom is -0.508 e. The molecular weight excluding hydrogens is 262 g/mol. The van der Waals surface area contributed by atoms with Crippen LogP contribution in [-0.4, -0.2) is 20.6 Å². The van der Waals surface area contributed by atoms with Crippen LogP contribution in [0.5, 0.6) is 5.75 Å². The Kier molecular flexibility index (Phi) is 3.48. The van der Waals surface area contributed by atoms with Crippen LogP contribution in [0.2, 0.25) is 0 Å². The number of aryl methyl sites for hydroxylation is 1. The maximum atomic E-state index is 12.4. The molecule has 4 nitrogen and oxygen atoms in total. The molecule has 0 aliphatic carbocycles. The van der Waals surface area contributed by atoms with E-state index in [2.05, 4.69) is 0 Å². The van der Waals surface area contributed by atoms with Crippen molar-refractivity contribution < 1.29 is 13.5 Å². The Morgan fingerprint density at radius 3 is 2.37 bits per heavy atom. The van der Waals surface area contributed by atoms with Crippen molar-refractivity contribution in [3.8, 4) is 5.75 Å². The summed E-state index contributed by atoms with van der Waals surface area (Å²) in [6, 6.07) is 12.9. The summed E-state index contributed by atoms with van der Waals surface area (Å²) in [7, 11) is -2.14. The van der Waals surface area contributed by atoms with Crippen LogP contribution in [0.1, 0.15) is 5.56 Å². The molecule has 0 aliphatic rings. The Balaban J connectivity index is 2.45.